The third kappa shape index (κ3) is 4.49. The number of halogens is 3. The summed E-state index contributed by atoms with van der Waals surface area (Å²) in [6, 6.07) is 8.80. The fourth-order valence-electron chi connectivity index (χ4n) is 1.68. The van der Waals surface area contributed by atoms with Crippen LogP contribution in [0.4, 0.5) is 13.2 Å². The Hall–Kier alpha value is -2.00. The highest BCUT2D eigenvalue weighted by atomic mass is 32.2. The normalized spacial score (nSPS) is 12.9. The van der Waals surface area contributed by atoms with Gasteiger partial charge in [0.2, 0.25) is 0 Å². The number of allylic oxidation sites excluding steroid dienone is 1. The molecule has 0 saturated heterocycles. The molecule has 1 aromatic carbocycles. The molecule has 1 N–H and O–H groups in total. The van der Waals surface area contributed by atoms with Crippen LogP contribution < -0.4 is 0 Å². The Morgan fingerprint density at radius 1 is 1.26 bits per heavy atom. The Morgan fingerprint density at radius 2 is 1.96 bits per heavy atom. The average Bonchev–Trinajstić information content (AvgIpc) is 3.03. The third-order valence-electron chi connectivity index (χ3n) is 2.77. The second kappa shape index (κ2) is 8.02. The number of hydrogen-bond acceptors (Lipinski definition) is 5. The maximum Gasteiger partial charge on any atom is 0.301 e. The summed E-state index contributed by atoms with van der Waals surface area (Å²) >= 11 is 1.00. The van der Waals surface area contributed by atoms with E-state index < -0.39 is 29.1 Å². The van der Waals surface area contributed by atoms with E-state index in [0.717, 1.165) is 11.3 Å². The summed E-state index contributed by atoms with van der Waals surface area (Å²) < 4.78 is 48.8. The lowest BCUT2D eigenvalue weighted by molar-refractivity contribution is 0.320. The van der Waals surface area contributed by atoms with Crippen molar-refractivity contribution >= 4 is 27.8 Å². The van der Waals surface area contributed by atoms with Gasteiger partial charge in [0.05, 0.1) is 15.7 Å². The van der Waals surface area contributed by atoms with E-state index in [1.165, 1.54) is 6.20 Å². The molecule has 0 aliphatic carbocycles. The van der Waals surface area contributed by atoms with Crippen LogP contribution in [0.2, 0.25) is 0 Å². The first-order chi connectivity index (χ1) is 11.0. The smallest absolute Gasteiger partial charge is 0.301 e. The fraction of sp³-hybridized carbons (Fsp3) is 0.143. The predicted octanol–water partition coefficient (Wildman–Crippen LogP) is 3.95. The number of benzene rings is 1. The van der Waals surface area contributed by atoms with Crippen LogP contribution in [0.25, 0.3) is 0 Å². The molecule has 23 heavy (non-hydrogen) atoms. The quantitative estimate of drug-likeness (QED) is 0.482. The van der Waals surface area contributed by atoms with E-state index in [0.29, 0.717) is 10.4 Å². The lowest BCUT2D eigenvalue weighted by atomic mass is 10.1. The monoisotopic (exact) mass is 360 g/mol. The molecule has 0 aliphatic heterocycles. The zero-order valence-corrected chi connectivity index (χ0v) is 13.2. The lowest BCUT2D eigenvalue weighted by Crippen LogP contribution is -2.00. The molecule has 2 aromatic rings. The number of hydrogen-bond donors (Lipinski definition) is 1. The molecular weight excluding hydrogens is 349 g/mol. The Balaban J connectivity index is 2.14. The van der Waals surface area contributed by atoms with Crippen LogP contribution in [-0.2, 0) is 10.8 Å². The summed E-state index contributed by atoms with van der Waals surface area (Å²) in [7, 11) is -1.71. The first-order valence-corrected chi connectivity index (χ1v) is 8.48. The topological polar surface area (TPSA) is 62.5 Å². The minimum atomic E-state index is -2.40. The largest absolute Gasteiger partial charge is 0.410 e. The summed E-state index contributed by atoms with van der Waals surface area (Å²) in [5.74, 6) is -1.87. The summed E-state index contributed by atoms with van der Waals surface area (Å²) in [5.41, 5.74) is 0.900. The van der Waals surface area contributed by atoms with Crippen molar-refractivity contribution in [3.8, 4) is 0 Å². The molecule has 0 fully saturated rings. The van der Waals surface area contributed by atoms with E-state index in [4.69, 9.17) is 5.21 Å². The molecule has 0 spiro atoms. The molecule has 1 heterocycles. The Morgan fingerprint density at radius 3 is 2.57 bits per heavy atom. The third-order valence-corrected chi connectivity index (χ3v) is 5.45. The Kier molecular flexibility index (Phi) is 6.05. The van der Waals surface area contributed by atoms with Gasteiger partial charge in [-0.15, -0.1) is 11.3 Å². The van der Waals surface area contributed by atoms with Gasteiger partial charge in [-0.2, -0.15) is 8.78 Å². The molecule has 1 aromatic heterocycles. The molecule has 0 saturated carbocycles. The van der Waals surface area contributed by atoms with Gasteiger partial charge in [-0.25, -0.2) is 9.37 Å². The molecule has 0 radical (unpaired) electrons. The van der Waals surface area contributed by atoms with Crippen molar-refractivity contribution in [2.45, 2.75) is 10.8 Å². The standard InChI is InChI=1S/C14H11F3N2O2S2/c15-10(13(16)17)6-7-23(21)14-18-8-11(22-14)12(19-20)9-4-2-1-3-5-9/h1-5,8,20H,6-7H2/b19-12+. The maximum atomic E-state index is 12.7. The zero-order valence-electron chi connectivity index (χ0n) is 11.6. The van der Waals surface area contributed by atoms with Gasteiger partial charge in [-0.3, -0.25) is 4.21 Å². The van der Waals surface area contributed by atoms with Crippen LogP contribution in [0.3, 0.4) is 0 Å². The van der Waals surface area contributed by atoms with Gasteiger partial charge in [0.15, 0.2) is 10.2 Å². The second-order valence-electron chi connectivity index (χ2n) is 4.27. The van der Waals surface area contributed by atoms with Gasteiger partial charge < -0.3 is 5.21 Å². The second-order valence-corrected chi connectivity index (χ2v) is 7.05. The minimum Gasteiger partial charge on any atom is -0.410 e. The van der Waals surface area contributed by atoms with Crippen molar-refractivity contribution in [2.75, 3.05) is 5.75 Å². The molecule has 4 nitrogen and oxygen atoms in total. The Labute approximate surface area is 136 Å². The van der Waals surface area contributed by atoms with Crippen molar-refractivity contribution in [2.24, 2.45) is 5.16 Å². The highest BCUT2D eigenvalue weighted by molar-refractivity contribution is 7.87. The maximum absolute atomic E-state index is 12.7. The number of thiazole rings is 1. The highest BCUT2D eigenvalue weighted by Crippen LogP contribution is 2.22. The molecule has 0 amide bonds. The fourth-order valence-corrected chi connectivity index (χ4v) is 3.94. The van der Waals surface area contributed by atoms with Crippen molar-refractivity contribution < 1.29 is 22.6 Å². The van der Waals surface area contributed by atoms with Gasteiger partial charge in [0, 0.05) is 23.9 Å². The van der Waals surface area contributed by atoms with E-state index in [1.807, 2.05) is 0 Å². The first kappa shape index (κ1) is 17.4. The van der Waals surface area contributed by atoms with Crippen molar-refractivity contribution in [1.29, 1.82) is 0 Å². The molecule has 0 bridgehead atoms. The molecule has 1 unspecified atom stereocenters. The number of oxime groups is 1. The zero-order chi connectivity index (χ0) is 16.8. The SMILES string of the molecule is O=S(CCC(F)=C(F)F)c1ncc(/C(=N/O)c2ccccc2)s1. The summed E-state index contributed by atoms with van der Waals surface area (Å²) in [6.07, 6.45) is -1.65. The van der Waals surface area contributed by atoms with Crippen LogP contribution in [-0.4, -0.2) is 25.9 Å². The van der Waals surface area contributed by atoms with Gasteiger partial charge in [-0.05, 0) is 0 Å². The van der Waals surface area contributed by atoms with Gasteiger partial charge in [0.1, 0.15) is 5.71 Å². The summed E-state index contributed by atoms with van der Waals surface area (Å²) in [4.78, 5) is 4.40. The van der Waals surface area contributed by atoms with Gasteiger partial charge in [0.25, 0.3) is 0 Å². The lowest BCUT2D eigenvalue weighted by Gasteiger charge is -2.00. The van der Waals surface area contributed by atoms with Crippen LogP contribution in [0, 0.1) is 0 Å². The number of rotatable bonds is 6. The Bertz CT molecular complexity index is 756. The van der Waals surface area contributed by atoms with Crippen LogP contribution >= 0.6 is 11.3 Å². The van der Waals surface area contributed by atoms with E-state index in [-0.39, 0.29) is 15.8 Å². The van der Waals surface area contributed by atoms with E-state index in [9.17, 15) is 17.4 Å². The highest BCUT2D eigenvalue weighted by Gasteiger charge is 2.16. The number of aromatic nitrogens is 1. The van der Waals surface area contributed by atoms with Crippen LogP contribution in [0.1, 0.15) is 16.9 Å². The molecule has 122 valence electrons. The molecule has 0 aliphatic rings. The predicted molar refractivity (Wildman–Crippen MR) is 82.2 cm³/mol. The van der Waals surface area contributed by atoms with E-state index in [1.54, 1.807) is 30.3 Å². The summed E-state index contributed by atoms with van der Waals surface area (Å²) in [5, 5.41) is 12.4. The van der Waals surface area contributed by atoms with Gasteiger partial charge in [-0.1, -0.05) is 35.5 Å². The van der Waals surface area contributed by atoms with Crippen LogP contribution in [0.5, 0.6) is 0 Å². The molecular formula is C14H11F3N2O2S2. The van der Waals surface area contributed by atoms with Crippen LogP contribution in [0.15, 0.2) is 57.9 Å². The molecule has 2 rings (SSSR count). The van der Waals surface area contributed by atoms with E-state index in [2.05, 4.69) is 10.1 Å². The average molecular weight is 360 g/mol. The molecule has 1 atom stereocenters. The number of nitrogens with zero attached hydrogens (tertiary/aromatic N) is 2. The van der Waals surface area contributed by atoms with E-state index >= 15 is 0 Å². The van der Waals surface area contributed by atoms with Gasteiger partial charge >= 0.3 is 6.08 Å². The van der Waals surface area contributed by atoms with Crippen molar-refractivity contribution in [1.82, 2.24) is 4.98 Å². The van der Waals surface area contributed by atoms with Crippen molar-refractivity contribution in [3.05, 3.63) is 58.9 Å². The summed E-state index contributed by atoms with van der Waals surface area (Å²) in [6.45, 7) is 0. The van der Waals surface area contributed by atoms with Crippen molar-refractivity contribution in [3.63, 3.8) is 0 Å². The first-order valence-electron chi connectivity index (χ1n) is 6.34. The minimum absolute atomic E-state index is 0.157. The molecule has 9 heteroatoms.